The molecule has 0 unspecified atom stereocenters. The maximum atomic E-state index is 12.0. The number of hydrogen-bond acceptors (Lipinski definition) is 5. The molecule has 0 saturated carbocycles. The molecule has 27 heavy (non-hydrogen) atoms. The fourth-order valence-electron chi connectivity index (χ4n) is 2.37. The number of amides is 2. The van der Waals surface area contributed by atoms with Crippen molar-refractivity contribution in [3.8, 4) is 11.5 Å². The normalized spacial score (nSPS) is 10.8. The molecule has 0 heterocycles. The molecule has 0 spiro atoms. The molecular formula is C18H23N3O5S. The quantitative estimate of drug-likeness (QED) is 0.639. The summed E-state index contributed by atoms with van der Waals surface area (Å²) in [6.07, 6.45) is 1.70. The second-order valence-corrected chi connectivity index (χ2v) is 7.52. The number of carbonyl (C=O) groups excluding carboxylic acids is 1. The Morgan fingerprint density at radius 3 is 2.19 bits per heavy atom. The van der Waals surface area contributed by atoms with Crippen molar-refractivity contribution in [3.63, 3.8) is 0 Å². The number of rotatable bonds is 8. The molecule has 2 aromatic rings. The first-order valence-corrected chi connectivity index (χ1v) is 10.0. The van der Waals surface area contributed by atoms with Gasteiger partial charge in [0.25, 0.3) is 0 Å². The molecule has 0 aliphatic rings. The Morgan fingerprint density at radius 2 is 1.59 bits per heavy atom. The molecule has 2 amide bonds. The van der Waals surface area contributed by atoms with Gasteiger partial charge in [-0.15, -0.1) is 0 Å². The second kappa shape index (κ2) is 9.13. The molecule has 0 aromatic heterocycles. The van der Waals surface area contributed by atoms with Crippen molar-refractivity contribution in [3.05, 3.63) is 48.0 Å². The monoisotopic (exact) mass is 393 g/mol. The second-order valence-electron chi connectivity index (χ2n) is 5.77. The number of ether oxygens (including phenoxy) is 2. The molecule has 146 valence electrons. The summed E-state index contributed by atoms with van der Waals surface area (Å²) in [6.45, 7) is 0.440. The van der Waals surface area contributed by atoms with E-state index in [1.165, 1.54) is 0 Å². The topological polar surface area (TPSA) is 106 Å². The Bertz CT molecular complexity index is 882. The van der Waals surface area contributed by atoms with E-state index in [2.05, 4.69) is 15.4 Å². The van der Waals surface area contributed by atoms with Crippen LogP contribution in [0.2, 0.25) is 0 Å². The molecule has 0 fully saturated rings. The Labute approximate surface area is 158 Å². The maximum Gasteiger partial charge on any atom is 0.319 e. The third-order valence-corrected chi connectivity index (χ3v) is 4.20. The summed E-state index contributed by atoms with van der Waals surface area (Å²) in [6, 6.07) is 11.6. The van der Waals surface area contributed by atoms with Gasteiger partial charge < -0.3 is 20.1 Å². The van der Waals surface area contributed by atoms with Crippen LogP contribution < -0.4 is 24.8 Å². The standard InChI is InChI=1S/C18H23N3O5S/c1-25-16-9-4-13(12-17(16)26-2)10-11-19-18(22)20-14-5-7-15(8-6-14)21-27(3,23)24/h4-9,12,21H,10-11H2,1-3H3,(H2,19,20,22). The molecule has 2 aromatic carbocycles. The van der Waals surface area contributed by atoms with E-state index in [9.17, 15) is 13.2 Å². The van der Waals surface area contributed by atoms with Crippen molar-refractivity contribution in [2.45, 2.75) is 6.42 Å². The van der Waals surface area contributed by atoms with E-state index >= 15 is 0 Å². The molecule has 2 rings (SSSR count). The van der Waals surface area contributed by atoms with Crippen LogP contribution in [0.1, 0.15) is 5.56 Å². The summed E-state index contributed by atoms with van der Waals surface area (Å²) >= 11 is 0. The zero-order valence-electron chi connectivity index (χ0n) is 15.4. The van der Waals surface area contributed by atoms with Gasteiger partial charge in [-0.05, 0) is 48.4 Å². The van der Waals surface area contributed by atoms with E-state index in [1.807, 2.05) is 18.2 Å². The van der Waals surface area contributed by atoms with Crippen LogP contribution in [0.5, 0.6) is 11.5 Å². The van der Waals surface area contributed by atoms with Crippen LogP contribution in [0.3, 0.4) is 0 Å². The van der Waals surface area contributed by atoms with Crippen molar-refractivity contribution in [2.75, 3.05) is 37.1 Å². The number of benzene rings is 2. The summed E-state index contributed by atoms with van der Waals surface area (Å²) in [5.74, 6) is 1.29. The molecule has 0 aliphatic carbocycles. The predicted molar refractivity (Wildman–Crippen MR) is 105 cm³/mol. The maximum absolute atomic E-state index is 12.0. The lowest BCUT2D eigenvalue weighted by atomic mass is 10.1. The third kappa shape index (κ3) is 6.70. The summed E-state index contributed by atoms with van der Waals surface area (Å²) in [5.41, 5.74) is 1.98. The van der Waals surface area contributed by atoms with E-state index in [1.54, 1.807) is 38.5 Å². The number of hydrogen-bond donors (Lipinski definition) is 3. The summed E-state index contributed by atoms with van der Waals surface area (Å²) in [4.78, 5) is 12.0. The minimum absolute atomic E-state index is 0.348. The highest BCUT2D eigenvalue weighted by molar-refractivity contribution is 7.92. The van der Waals surface area contributed by atoms with Gasteiger partial charge in [0.05, 0.1) is 20.5 Å². The Hall–Kier alpha value is -2.94. The van der Waals surface area contributed by atoms with Gasteiger partial charge in [0.1, 0.15) is 0 Å². The van der Waals surface area contributed by atoms with E-state index in [4.69, 9.17) is 9.47 Å². The lowest BCUT2D eigenvalue weighted by molar-refractivity contribution is 0.252. The highest BCUT2D eigenvalue weighted by Gasteiger charge is 2.06. The zero-order valence-corrected chi connectivity index (χ0v) is 16.2. The van der Waals surface area contributed by atoms with Crippen LogP contribution in [0.15, 0.2) is 42.5 Å². The number of sulfonamides is 1. The summed E-state index contributed by atoms with van der Waals surface area (Å²) < 4.78 is 35.1. The molecule has 0 aliphatic heterocycles. The highest BCUT2D eigenvalue weighted by atomic mass is 32.2. The van der Waals surface area contributed by atoms with Crippen LogP contribution in [0.4, 0.5) is 16.2 Å². The van der Waals surface area contributed by atoms with Crippen molar-refractivity contribution in [2.24, 2.45) is 0 Å². The zero-order chi connectivity index (χ0) is 19.9. The van der Waals surface area contributed by atoms with Crippen LogP contribution in [-0.2, 0) is 16.4 Å². The number of nitrogens with one attached hydrogen (secondary N) is 3. The van der Waals surface area contributed by atoms with Crippen LogP contribution in [0, 0.1) is 0 Å². The van der Waals surface area contributed by atoms with Gasteiger partial charge in [-0.2, -0.15) is 0 Å². The highest BCUT2D eigenvalue weighted by Crippen LogP contribution is 2.27. The van der Waals surface area contributed by atoms with Crippen molar-refractivity contribution in [1.29, 1.82) is 0 Å². The summed E-state index contributed by atoms with van der Waals surface area (Å²) in [7, 11) is -0.177. The number of urea groups is 1. The average molecular weight is 393 g/mol. The van der Waals surface area contributed by atoms with Crippen molar-refractivity contribution in [1.82, 2.24) is 5.32 Å². The smallest absolute Gasteiger partial charge is 0.319 e. The molecule has 0 radical (unpaired) electrons. The number of methoxy groups -OCH3 is 2. The van der Waals surface area contributed by atoms with Gasteiger partial charge in [0.15, 0.2) is 11.5 Å². The number of carbonyl (C=O) groups is 1. The minimum atomic E-state index is -3.33. The summed E-state index contributed by atoms with van der Waals surface area (Å²) in [5, 5.41) is 5.45. The Balaban J connectivity index is 1.82. The molecule has 0 atom stereocenters. The minimum Gasteiger partial charge on any atom is -0.493 e. The van der Waals surface area contributed by atoms with Crippen LogP contribution in [0.25, 0.3) is 0 Å². The predicted octanol–water partition coefficient (Wildman–Crippen LogP) is 2.44. The van der Waals surface area contributed by atoms with E-state index < -0.39 is 10.0 Å². The molecule has 0 saturated heterocycles. The molecule has 3 N–H and O–H groups in total. The van der Waals surface area contributed by atoms with Gasteiger partial charge in [0.2, 0.25) is 10.0 Å². The molecular weight excluding hydrogens is 370 g/mol. The van der Waals surface area contributed by atoms with E-state index in [0.717, 1.165) is 11.8 Å². The van der Waals surface area contributed by atoms with Gasteiger partial charge >= 0.3 is 6.03 Å². The van der Waals surface area contributed by atoms with Crippen LogP contribution >= 0.6 is 0 Å². The SMILES string of the molecule is COc1ccc(CCNC(=O)Nc2ccc(NS(C)(=O)=O)cc2)cc1OC. The third-order valence-electron chi connectivity index (χ3n) is 3.59. The van der Waals surface area contributed by atoms with Crippen molar-refractivity contribution < 1.29 is 22.7 Å². The molecule has 0 bridgehead atoms. The fourth-order valence-corrected chi connectivity index (χ4v) is 2.93. The van der Waals surface area contributed by atoms with Crippen molar-refractivity contribution >= 4 is 27.4 Å². The molecule has 8 nitrogen and oxygen atoms in total. The Kier molecular flexibility index (Phi) is 6.89. The average Bonchev–Trinajstić information content (AvgIpc) is 2.62. The van der Waals surface area contributed by atoms with Crippen LogP contribution in [-0.4, -0.2) is 41.5 Å². The van der Waals surface area contributed by atoms with E-state index in [-0.39, 0.29) is 6.03 Å². The van der Waals surface area contributed by atoms with Gasteiger partial charge in [-0.25, -0.2) is 13.2 Å². The van der Waals surface area contributed by atoms with Gasteiger partial charge in [-0.1, -0.05) is 6.07 Å². The first-order chi connectivity index (χ1) is 12.8. The Morgan fingerprint density at radius 1 is 0.963 bits per heavy atom. The largest absolute Gasteiger partial charge is 0.493 e. The van der Waals surface area contributed by atoms with Gasteiger partial charge in [-0.3, -0.25) is 4.72 Å². The van der Waals surface area contributed by atoms with E-state index in [0.29, 0.717) is 35.8 Å². The fraction of sp³-hybridized carbons (Fsp3) is 0.278. The van der Waals surface area contributed by atoms with Gasteiger partial charge in [0, 0.05) is 17.9 Å². The number of anilines is 2. The molecule has 9 heteroatoms. The lowest BCUT2D eigenvalue weighted by Crippen LogP contribution is -2.30. The first-order valence-electron chi connectivity index (χ1n) is 8.14. The lowest BCUT2D eigenvalue weighted by Gasteiger charge is -2.11. The first kappa shape index (κ1) is 20.4.